The van der Waals surface area contributed by atoms with Gasteiger partial charge in [-0.3, -0.25) is 4.68 Å². The molecule has 0 unspecified atom stereocenters. The van der Waals surface area contributed by atoms with Crippen LogP contribution in [-0.4, -0.2) is 34.6 Å². The number of rotatable bonds is 5. The Morgan fingerprint density at radius 2 is 1.90 bits per heavy atom. The molecule has 0 aliphatic heterocycles. The highest BCUT2D eigenvalue weighted by Crippen LogP contribution is 2.12. The Balaban J connectivity index is 2.20. The highest BCUT2D eigenvalue weighted by molar-refractivity contribution is 5.67. The third-order valence-corrected chi connectivity index (χ3v) is 2.62. The molecule has 120 valence electrons. The first-order chi connectivity index (χ1) is 9.58. The van der Waals surface area contributed by atoms with Crippen molar-refractivity contribution in [1.29, 1.82) is 0 Å². The number of hydrogen-bond acceptors (Lipinski definition) is 4. The summed E-state index contributed by atoms with van der Waals surface area (Å²) in [6.45, 7) is 13.8. The highest BCUT2D eigenvalue weighted by Gasteiger charge is 2.15. The van der Waals surface area contributed by atoms with Gasteiger partial charge in [-0.05, 0) is 41.5 Å². The number of carbonyl (C=O) groups is 1. The maximum atomic E-state index is 11.4. The maximum Gasteiger partial charge on any atom is 0.407 e. The van der Waals surface area contributed by atoms with Crippen LogP contribution in [0.1, 0.15) is 47.1 Å². The maximum absolute atomic E-state index is 11.4. The molecular formula is C15H28N4O2. The van der Waals surface area contributed by atoms with Gasteiger partial charge in [-0.1, -0.05) is 0 Å². The summed E-state index contributed by atoms with van der Waals surface area (Å²) in [6.07, 6.45) is 3.51. The minimum Gasteiger partial charge on any atom is -0.444 e. The van der Waals surface area contributed by atoms with Gasteiger partial charge in [0.15, 0.2) is 0 Å². The fraction of sp³-hybridized carbons (Fsp3) is 0.733. The van der Waals surface area contributed by atoms with Crippen molar-refractivity contribution in [2.24, 2.45) is 0 Å². The van der Waals surface area contributed by atoms with E-state index in [0.717, 1.165) is 12.1 Å². The fourth-order valence-electron chi connectivity index (χ4n) is 1.62. The summed E-state index contributed by atoms with van der Waals surface area (Å²) in [5.41, 5.74) is 0.664. The number of nitrogens with zero attached hydrogens (tertiary/aromatic N) is 2. The fourth-order valence-corrected chi connectivity index (χ4v) is 1.62. The molecule has 2 N–H and O–H groups in total. The van der Waals surface area contributed by atoms with Crippen molar-refractivity contribution in [3.05, 3.63) is 18.0 Å². The third kappa shape index (κ3) is 7.13. The normalized spacial score (nSPS) is 12.3. The molecule has 0 atom stereocenters. The van der Waals surface area contributed by atoms with E-state index in [-0.39, 0.29) is 11.6 Å². The van der Waals surface area contributed by atoms with Crippen molar-refractivity contribution >= 4 is 6.09 Å². The molecule has 0 saturated carbocycles. The molecule has 0 aliphatic rings. The van der Waals surface area contributed by atoms with Gasteiger partial charge in [-0.25, -0.2) is 4.79 Å². The van der Waals surface area contributed by atoms with Crippen molar-refractivity contribution in [2.75, 3.05) is 13.1 Å². The first-order valence-electron chi connectivity index (χ1n) is 7.29. The average Bonchev–Trinajstić information content (AvgIpc) is 2.74. The first-order valence-corrected chi connectivity index (χ1v) is 7.29. The molecule has 21 heavy (non-hydrogen) atoms. The second-order valence-electron chi connectivity index (χ2n) is 7.07. The Morgan fingerprint density at radius 1 is 1.24 bits per heavy atom. The Bertz CT molecular complexity index is 455. The standard InChI is InChI=1S/C15H28N4O2/c1-14(2,3)19-11-12(10-18-19)9-16-7-8-17-13(20)21-15(4,5)6/h10-11,16H,7-9H2,1-6H3,(H,17,20). The Hall–Kier alpha value is -1.56. The largest absolute Gasteiger partial charge is 0.444 e. The summed E-state index contributed by atoms with van der Waals surface area (Å²) in [7, 11) is 0. The second kappa shape index (κ2) is 6.93. The molecule has 1 aromatic heterocycles. The average molecular weight is 296 g/mol. The lowest BCUT2D eigenvalue weighted by Crippen LogP contribution is -2.36. The topological polar surface area (TPSA) is 68.2 Å². The van der Waals surface area contributed by atoms with E-state index in [0.29, 0.717) is 13.1 Å². The molecule has 0 aromatic carbocycles. The van der Waals surface area contributed by atoms with E-state index in [1.54, 1.807) is 0 Å². The molecule has 0 fully saturated rings. The van der Waals surface area contributed by atoms with Crippen molar-refractivity contribution in [1.82, 2.24) is 20.4 Å². The zero-order valence-electron chi connectivity index (χ0n) is 14.0. The molecule has 6 heteroatoms. The third-order valence-electron chi connectivity index (χ3n) is 2.62. The van der Waals surface area contributed by atoms with Crippen molar-refractivity contribution in [2.45, 2.75) is 59.2 Å². The van der Waals surface area contributed by atoms with E-state index < -0.39 is 5.60 Å². The van der Waals surface area contributed by atoms with E-state index in [1.165, 1.54) is 0 Å². The smallest absolute Gasteiger partial charge is 0.407 e. The van der Waals surface area contributed by atoms with Gasteiger partial charge in [0.1, 0.15) is 5.60 Å². The van der Waals surface area contributed by atoms with Gasteiger partial charge >= 0.3 is 6.09 Å². The Morgan fingerprint density at radius 3 is 2.43 bits per heavy atom. The Kier molecular flexibility index (Phi) is 5.78. The summed E-state index contributed by atoms with van der Waals surface area (Å²) in [4.78, 5) is 11.4. The van der Waals surface area contributed by atoms with Gasteiger partial charge in [0.25, 0.3) is 0 Å². The van der Waals surface area contributed by atoms with Gasteiger partial charge < -0.3 is 15.4 Å². The minimum absolute atomic E-state index is 0.00345. The van der Waals surface area contributed by atoms with Gasteiger partial charge in [0, 0.05) is 31.4 Å². The highest BCUT2D eigenvalue weighted by atomic mass is 16.6. The lowest BCUT2D eigenvalue weighted by molar-refractivity contribution is 0.0528. The molecule has 1 amide bonds. The second-order valence-corrected chi connectivity index (χ2v) is 7.07. The number of nitrogens with one attached hydrogen (secondary N) is 2. The van der Waals surface area contributed by atoms with Gasteiger partial charge in [-0.2, -0.15) is 5.10 Å². The van der Waals surface area contributed by atoms with Crippen molar-refractivity contribution < 1.29 is 9.53 Å². The van der Waals surface area contributed by atoms with E-state index in [1.807, 2.05) is 37.8 Å². The first kappa shape index (κ1) is 17.5. The number of alkyl carbamates (subject to hydrolysis) is 1. The molecular weight excluding hydrogens is 268 g/mol. The minimum atomic E-state index is -0.459. The lowest BCUT2D eigenvalue weighted by atomic mass is 10.1. The SMILES string of the molecule is CC(C)(C)OC(=O)NCCNCc1cnn(C(C)(C)C)c1. The predicted molar refractivity (Wildman–Crippen MR) is 83.2 cm³/mol. The quantitative estimate of drug-likeness (QED) is 0.818. The van der Waals surface area contributed by atoms with E-state index >= 15 is 0 Å². The van der Waals surface area contributed by atoms with Gasteiger partial charge in [-0.15, -0.1) is 0 Å². The van der Waals surface area contributed by atoms with Crippen LogP contribution in [0.15, 0.2) is 12.4 Å². The summed E-state index contributed by atoms with van der Waals surface area (Å²) in [5.74, 6) is 0. The van der Waals surface area contributed by atoms with Gasteiger partial charge in [0.2, 0.25) is 0 Å². The molecule has 1 rings (SSSR count). The molecule has 0 aliphatic carbocycles. The number of carbonyl (C=O) groups excluding carboxylic acids is 1. The van der Waals surface area contributed by atoms with Crippen molar-refractivity contribution in [3.63, 3.8) is 0 Å². The molecule has 1 heterocycles. The zero-order chi connectivity index (χ0) is 16.1. The summed E-state index contributed by atoms with van der Waals surface area (Å²) in [5, 5.41) is 10.3. The van der Waals surface area contributed by atoms with E-state index in [2.05, 4.69) is 36.5 Å². The van der Waals surface area contributed by atoms with Crippen LogP contribution in [0.2, 0.25) is 0 Å². The number of amides is 1. The summed E-state index contributed by atoms with van der Waals surface area (Å²) >= 11 is 0. The van der Waals surface area contributed by atoms with Crippen molar-refractivity contribution in [3.8, 4) is 0 Å². The Labute approximate surface area is 127 Å². The van der Waals surface area contributed by atoms with Crippen LogP contribution >= 0.6 is 0 Å². The van der Waals surface area contributed by atoms with Crippen LogP contribution in [0.25, 0.3) is 0 Å². The van der Waals surface area contributed by atoms with Crippen LogP contribution < -0.4 is 10.6 Å². The number of hydrogen-bond donors (Lipinski definition) is 2. The summed E-state index contributed by atoms with van der Waals surface area (Å²) in [6, 6.07) is 0. The van der Waals surface area contributed by atoms with E-state index in [9.17, 15) is 4.79 Å². The van der Waals surface area contributed by atoms with Crippen LogP contribution in [0.4, 0.5) is 4.79 Å². The predicted octanol–water partition coefficient (Wildman–Crippen LogP) is 2.25. The number of ether oxygens (including phenoxy) is 1. The molecule has 0 bridgehead atoms. The molecule has 0 radical (unpaired) electrons. The monoisotopic (exact) mass is 296 g/mol. The molecule has 6 nitrogen and oxygen atoms in total. The van der Waals surface area contributed by atoms with Crippen LogP contribution in [0, 0.1) is 0 Å². The molecule has 0 spiro atoms. The van der Waals surface area contributed by atoms with Gasteiger partial charge in [0.05, 0.1) is 11.7 Å². The summed E-state index contributed by atoms with van der Waals surface area (Å²) < 4.78 is 7.10. The van der Waals surface area contributed by atoms with Crippen LogP contribution in [-0.2, 0) is 16.8 Å². The lowest BCUT2D eigenvalue weighted by Gasteiger charge is -2.19. The zero-order valence-corrected chi connectivity index (χ0v) is 14.0. The molecule has 0 saturated heterocycles. The molecule has 1 aromatic rings. The van der Waals surface area contributed by atoms with Crippen LogP contribution in [0.5, 0.6) is 0 Å². The van der Waals surface area contributed by atoms with E-state index in [4.69, 9.17) is 4.74 Å². The van der Waals surface area contributed by atoms with Crippen LogP contribution in [0.3, 0.4) is 0 Å². The number of aromatic nitrogens is 2.